The van der Waals surface area contributed by atoms with Crippen molar-refractivity contribution in [2.45, 2.75) is 17.7 Å². The molecule has 0 saturated carbocycles. The number of hydrogen-bond donors (Lipinski definition) is 1. The zero-order valence-corrected chi connectivity index (χ0v) is 16.7. The number of rotatable bonds is 4. The van der Waals surface area contributed by atoms with Gasteiger partial charge in [0.15, 0.2) is 0 Å². The molecule has 1 aliphatic rings. The number of halogens is 2. The summed E-state index contributed by atoms with van der Waals surface area (Å²) in [6.45, 7) is 0.579. The predicted octanol–water partition coefficient (Wildman–Crippen LogP) is 4.42. The molecule has 0 spiro atoms. The lowest BCUT2D eigenvalue weighted by atomic mass is 10.0. The number of nitrogens with one attached hydrogen (secondary N) is 1. The minimum absolute atomic E-state index is 0.0948. The number of nitrogens with zero attached hydrogens (tertiary/aromatic N) is 1. The maximum atomic E-state index is 13.9. The van der Waals surface area contributed by atoms with Crippen LogP contribution in [0.5, 0.6) is 0 Å². The van der Waals surface area contributed by atoms with Gasteiger partial charge in [0.2, 0.25) is 0 Å². The summed E-state index contributed by atoms with van der Waals surface area (Å²) in [5.41, 5.74) is 1.80. The fourth-order valence-electron chi connectivity index (χ4n) is 3.31. The van der Waals surface area contributed by atoms with Crippen molar-refractivity contribution < 1.29 is 22.0 Å². The molecule has 4 rings (SSSR count). The van der Waals surface area contributed by atoms with Crippen molar-refractivity contribution >= 4 is 38.6 Å². The molecule has 0 unspecified atom stereocenters. The average molecular weight is 434 g/mol. The van der Waals surface area contributed by atoms with Crippen molar-refractivity contribution in [1.29, 1.82) is 0 Å². The lowest BCUT2D eigenvalue weighted by molar-refractivity contribution is 0.0989. The number of thiophene rings is 1. The van der Waals surface area contributed by atoms with Crippen molar-refractivity contribution in [2.75, 3.05) is 16.2 Å². The Morgan fingerprint density at radius 3 is 2.66 bits per heavy atom. The van der Waals surface area contributed by atoms with Crippen LogP contribution in [0.1, 0.15) is 21.7 Å². The molecule has 0 fully saturated rings. The molecule has 1 N–H and O–H groups in total. The van der Waals surface area contributed by atoms with Gasteiger partial charge in [-0.25, -0.2) is 17.2 Å². The van der Waals surface area contributed by atoms with E-state index in [0.29, 0.717) is 23.9 Å². The first-order valence-corrected chi connectivity index (χ1v) is 11.2. The van der Waals surface area contributed by atoms with Gasteiger partial charge in [-0.15, -0.1) is 11.3 Å². The number of sulfonamides is 1. The smallest absolute Gasteiger partial charge is 0.268 e. The molecule has 29 heavy (non-hydrogen) atoms. The lowest BCUT2D eigenvalue weighted by Gasteiger charge is -2.29. The van der Waals surface area contributed by atoms with Crippen LogP contribution in [0.4, 0.5) is 20.2 Å². The van der Waals surface area contributed by atoms with Crippen molar-refractivity contribution in [1.82, 2.24) is 0 Å². The summed E-state index contributed by atoms with van der Waals surface area (Å²) >= 11 is 1.37. The van der Waals surface area contributed by atoms with E-state index in [9.17, 15) is 22.0 Å². The van der Waals surface area contributed by atoms with Gasteiger partial charge in [-0.2, -0.15) is 0 Å². The number of hydrogen-bond acceptors (Lipinski definition) is 4. The van der Waals surface area contributed by atoms with E-state index in [2.05, 4.69) is 4.72 Å². The van der Waals surface area contributed by atoms with Crippen LogP contribution in [0.15, 0.2) is 58.8 Å². The molecule has 2 heterocycles. The minimum Gasteiger partial charge on any atom is -0.307 e. The quantitative estimate of drug-likeness (QED) is 0.661. The number of aryl methyl sites for hydroxylation is 1. The number of benzene rings is 2. The molecular formula is C20H16F2N2O3S2. The Morgan fingerprint density at radius 1 is 1.10 bits per heavy atom. The van der Waals surface area contributed by atoms with E-state index < -0.39 is 26.6 Å². The van der Waals surface area contributed by atoms with Crippen LogP contribution in [-0.4, -0.2) is 20.9 Å². The second-order valence-corrected chi connectivity index (χ2v) is 9.16. The fourth-order valence-corrected chi connectivity index (χ4v) is 5.09. The van der Waals surface area contributed by atoms with Gasteiger partial charge in [0.05, 0.1) is 4.88 Å². The van der Waals surface area contributed by atoms with Crippen LogP contribution in [0, 0.1) is 11.6 Å². The molecule has 0 saturated heterocycles. The third-order valence-electron chi connectivity index (χ3n) is 4.61. The fraction of sp³-hybridized carbons (Fsp3) is 0.150. The second kappa shape index (κ2) is 7.57. The van der Waals surface area contributed by atoms with Crippen LogP contribution in [0.2, 0.25) is 0 Å². The lowest BCUT2D eigenvalue weighted by Crippen LogP contribution is -2.35. The van der Waals surface area contributed by atoms with E-state index in [0.717, 1.165) is 29.8 Å². The summed E-state index contributed by atoms with van der Waals surface area (Å²) in [6, 6.07) is 10.7. The van der Waals surface area contributed by atoms with E-state index in [1.54, 1.807) is 23.1 Å². The van der Waals surface area contributed by atoms with Crippen LogP contribution in [0.25, 0.3) is 0 Å². The number of amides is 1. The molecule has 9 heteroatoms. The molecule has 0 atom stereocenters. The summed E-state index contributed by atoms with van der Waals surface area (Å²) in [5, 5.41) is 1.84. The average Bonchev–Trinajstić information content (AvgIpc) is 3.21. The van der Waals surface area contributed by atoms with Gasteiger partial charge < -0.3 is 4.90 Å². The third kappa shape index (κ3) is 3.88. The van der Waals surface area contributed by atoms with Gasteiger partial charge in [-0.1, -0.05) is 6.07 Å². The van der Waals surface area contributed by atoms with Gasteiger partial charge in [0, 0.05) is 24.0 Å². The summed E-state index contributed by atoms with van der Waals surface area (Å²) in [6.07, 6.45) is 1.43. The molecule has 1 aliphatic heterocycles. The molecule has 1 aromatic heterocycles. The minimum atomic E-state index is -4.22. The SMILES string of the molecule is O=C(c1cccs1)N1CCCc2cc(NS(=O)(=O)c3ccc(F)cc3F)ccc21. The van der Waals surface area contributed by atoms with Gasteiger partial charge in [-0.05, 0) is 60.2 Å². The van der Waals surface area contributed by atoms with E-state index in [1.165, 1.54) is 17.4 Å². The van der Waals surface area contributed by atoms with Crippen LogP contribution < -0.4 is 9.62 Å². The highest BCUT2D eigenvalue weighted by atomic mass is 32.2. The largest absolute Gasteiger partial charge is 0.307 e. The van der Waals surface area contributed by atoms with E-state index >= 15 is 0 Å². The number of carbonyl (C=O) groups excluding carboxylic acids is 1. The van der Waals surface area contributed by atoms with Crippen molar-refractivity contribution in [3.63, 3.8) is 0 Å². The standard InChI is InChI=1S/C20H16F2N2O3S2/c21-14-5-8-19(16(22)12-14)29(26,27)23-15-6-7-17-13(11-15)3-1-9-24(17)20(25)18-4-2-10-28-18/h2,4-8,10-12,23H,1,3,9H2. The first-order chi connectivity index (χ1) is 13.8. The van der Waals surface area contributed by atoms with Crippen molar-refractivity contribution in [2.24, 2.45) is 0 Å². The molecule has 150 valence electrons. The number of anilines is 2. The topological polar surface area (TPSA) is 66.5 Å². The zero-order chi connectivity index (χ0) is 20.6. The Morgan fingerprint density at radius 2 is 1.93 bits per heavy atom. The third-order valence-corrected chi connectivity index (χ3v) is 6.88. The summed E-state index contributed by atoms with van der Waals surface area (Å²) in [4.78, 5) is 14.4. The maximum absolute atomic E-state index is 13.9. The highest BCUT2D eigenvalue weighted by Gasteiger charge is 2.25. The van der Waals surface area contributed by atoms with Crippen LogP contribution in [0.3, 0.4) is 0 Å². The highest BCUT2D eigenvalue weighted by molar-refractivity contribution is 7.92. The maximum Gasteiger partial charge on any atom is 0.268 e. The molecular weight excluding hydrogens is 418 g/mol. The molecule has 0 radical (unpaired) electrons. The summed E-state index contributed by atoms with van der Waals surface area (Å²) in [5.74, 6) is -2.11. The van der Waals surface area contributed by atoms with E-state index in [4.69, 9.17) is 0 Å². The Kier molecular flexibility index (Phi) is 5.10. The normalized spacial score (nSPS) is 13.8. The molecule has 0 aliphatic carbocycles. The van der Waals surface area contributed by atoms with Crippen LogP contribution in [-0.2, 0) is 16.4 Å². The molecule has 0 bridgehead atoms. The predicted molar refractivity (Wildman–Crippen MR) is 108 cm³/mol. The van der Waals surface area contributed by atoms with Crippen LogP contribution >= 0.6 is 11.3 Å². The van der Waals surface area contributed by atoms with Gasteiger partial charge in [0.1, 0.15) is 16.5 Å². The van der Waals surface area contributed by atoms with Gasteiger partial charge >= 0.3 is 0 Å². The summed E-state index contributed by atoms with van der Waals surface area (Å²) < 4.78 is 54.3. The Bertz CT molecular complexity index is 1180. The zero-order valence-electron chi connectivity index (χ0n) is 15.1. The number of fused-ring (bicyclic) bond motifs is 1. The van der Waals surface area contributed by atoms with E-state index in [-0.39, 0.29) is 11.6 Å². The first-order valence-electron chi connectivity index (χ1n) is 8.81. The van der Waals surface area contributed by atoms with Gasteiger partial charge in [-0.3, -0.25) is 9.52 Å². The Labute approximate surface area is 170 Å². The molecule has 2 aromatic carbocycles. The highest BCUT2D eigenvalue weighted by Crippen LogP contribution is 2.32. The van der Waals surface area contributed by atoms with E-state index in [1.807, 2.05) is 11.4 Å². The molecule has 1 amide bonds. The number of carbonyl (C=O) groups is 1. The Hall–Kier alpha value is -2.78. The summed E-state index contributed by atoms with van der Waals surface area (Å²) in [7, 11) is -4.22. The van der Waals surface area contributed by atoms with Gasteiger partial charge in [0.25, 0.3) is 15.9 Å². The molecule has 5 nitrogen and oxygen atoms in total. The molecule has 3 aromatic rings. The second-order valence-electron chi connectivity index (χ2n) is 6.56. The Balaban J connectivity index is 1.62. The monoisotopic (exact) mass is 434 g/mol. The first kappa shape index (κ1) is 19.5. The van der Waals surface area contributed by atoms with Crippen molar-refractivity contribution in [3.05, 3.63) is 76.0 Å². The van der Waals surface area contributed by atoms with Crippen molar-refractivity contribution in [3.8, 4) is 0 Å².